The highest BCUT2D eigenvalue weighted by molar-refractivity contribution is 6.33. The van der Waals surface area contributed by atoms with E-state index in [2.05, 4.69) is 9.47 Å². The number of carboxylic acids is 2. The van der Waals surface area contributed by atoms with Gasteiger partial charge in [0.2, 0.25) is 0 Å². The van der Waals surface area contributed by atoms with Crippen LogP contribution in [0.15, 0.2) is 0 Å². The van der Waals surface area contributed by atoms with Gasteiger partial charge in [0.15, 0.2) is 0 Å². The lowest BCUT2D eigenvalue weighted by atomic mass is 10.2. The van der Waals surface area contributed by atoms with Gasteiger partial charge in [0, 0.05) is 25.7 Å². The van der Waals surface area contributed by atoms with E-state index in [-0.39, 0.29) is 51.4 Å². The van der Waals surface area contributed by atoms with Crippen molar-refractivity contribution in [2.24, 2.45) is 0 Å². The molecule has 134 valence electrons. The minimum Gasteiger partial charge on any atom is -0.481 e. The first-order chi connectivity index (χ1) is 11.2. The van der Waals surface area contributed by atoms with Crippen LogP contribution in [0.3, 0.4) is 0 Å². The van der Waals surface area contributed by atoms with Gasteiger partial charge in [-0.2, -0.15) is 0 Å². The molecule has 0 saturated carbocycles. The average Bonchev–Trinajstić information content (AvgIpc) is 2.47. The molecular weight excluding hydrogens is 328 g/mol. The summed E-state index contributed by atoms with van der Waals surface area (Å²) < 4.78 is 8.29. The summed E-state index contributed by atoms with van der Waals surface area (Å²) in [5.74, 6) is -7.39. The van der Waals surface area contributed by atoms with E-state index < -0.39 is 35.8 Å². The van der Waals surface area contributed by atoms with Crippen molar-refractivity contribution >= 4 is 35.8 Å². The van der Waals surface area contributed by atoms with Crippen LogP contribution in [0.1, 0.15) is 51.4 Å². The maximum atomic E-state index is 11.2. The molecule has 0 aliphatic heterocycles. The Bertz CT molecular complexity index is 462. The van der Waals surface area contributed by atoms with Crippen LogP contribution >= 0.6 is 0 Å². The van der Waals surface area contributed by atoms with E-state index in [9.17, 15) is 28.8 Å². The summed E-state index contributed by atoms with van der Waals surface area (Å²) in [7, 11) is 0. The number of unbranched alkanes of at least 4 members (excludes halogenated alkanes) is 2. The fraction of sp³-hybridized carbons (Fsp3) is 0.571. The molecule has 0 aliphatic carbocycles. The number of carbonyl (C=O) groups is 6. The molecule has 0 spiro atoms. The Morgan fingerprint density at radius 3 is 1.12 bits per heavy atom. The van der Waals surface area contributed by atoms with E-state index in [1.807, 2.05) is 0 Å². The van der Waals surface area contributed by atoms with Gasteiger partial charge < -0.3 is 19.7 Å². The molecule has 24 heavy (non-hydrogen) atoms. The van der Waals surface area contributed by atoms with E-state index >= 15 is 0 Å². The van der Waals surface area contributed by atoms with Gasteiger partial charge in [0.1, 0.15) is 0 Å². The summed E-state index contributed by atoms with van der Waals surface area (Å²) >= 11 is 0. The van der Waals surface area contributed by atoms with Crippen molar-refractivity contribution in [2.45, 2.75) is 51.4 Å². The zero-order valence-electron chi connectivity index (χ0n) is 12.8. The molecule has 2 N–H and O–H groups in total. The maximum Gasteiger partial charge on any atom is 0.425 e. The molecule has 0 heterocycles. The third-order valence-electron chi connectivity index (χ3n) is 2.62. The van der Waals surface area contributed by atoms with Crippen LogP contribution in [0.4, 0.5) is 0 Å². The number of hydrogen-bond donors (Lipinski definition) is 2. The number of carboxylic acid groups (broad SMARTS) is 2. The number of aliphatic carboxylic acids is 2. The monoisotopic (exact) mass is 346 g/mol. The SMILES string of the molecule is O=C(O)CCCCC(=O)OC(=O)C(=O)OC(=O)CCCCC(=O)O. The van der Waals surface area contributed by atoms with Crippen LogP contribution in [0, 0.1) is 0 Å². The molecule has 0 unspecified atom stereocenters. The molecular formula is C14H18O10. The predicted octanol–water partition coefficient (Wildman–Crippen LogP) is 0.416. The third kappa shape index (κ3) is 11.8. The predicted molar refractivity (Wildman–Crippen MR) is 74.4 cm³/mol. The van der Waals surface area contributed by atoms with Gasteiger partial charge in [-0.05, 0) is 25.7 Å². The zero-order chi connectivity index (χ0) is 18.5. The molecule has 10 heteroatoms. The van der Waals surface area contributed by atoms with Crippen LogP contribution in [-0.2, 0) is 38.2 Å². The lowest BCUT2D eigenvalue weighted by Crippen LogP contribution is -2.25. The Kier molecular flexibility index (Phi) is 10.4. The van der Waals surface area contributed by atoms with E-state index in [0.29, 0.717) is 0 Å². The first-order valence-corrected chi connectivity index (χ1v) is 7.15. The highest BCUT2D eigenvalue weighted by Crippen LogP contribution is 2.04. The van der Waals surface area contributed by atoms with Crippen LogP contribution in [0.25, 0.3) is 0 Å². The Morgan fingerprint density at radius 1 is 0.542 bits per heavy atom. The summed E-state index contributed by atoms with van der Waals surface area (Å²) in [6, 6.07) is 0. The van der Waals surface area contributed by atoms with Gasteiger partial charge in [0.05, 0.1) is 0 Å². The van der Waals surface area contributed by atoms with Gasteiger partial charge in [-0.1, -0.05) is 0 Å². The minimum absolute atomic E-state index is 0.139. The zero-order valence-corrected chi connectivity index (χ0v) is 12.8. The lowest BCUT2D eigenvalue weighted by molar-refractivity contribution is -0.177. The van der Waals surface area contributed by atoms with Crippen molar-refractivity contribution in [1.82, 2.24) is 0 Å². The lowest BCUT2D eigenvalue weighted by Gasteiger charge is -2.03. The molecule has 0 amide bonds. The summed E-state index contributed by atoms with van der Waals surface area (Å²) in [6.45, 7) is 0. The molecule has 0 fully saturated rings. The summed E-state index contributed by atoms with van der Waals surface area (Å²) in [4.78, 5) is 65.4. The van der Waals surface area contributed by atoms with Gasteiger partial charge in [-0.25, -0.2) is 9.59 Å². The maximum absolute atomic E-state index is 11.2. The summed E-state index contributed by atoms with van der Waals surface area (Å²) in [6.07, 6.45) is -0.0497. The van der Waals surface area contributed by atoms with Crippen LogP contribution in [0.2, 0.25) is 0 Å². The molecule has 0 radical (unpaired) electrons. The molecule has 0 aliphatic rings. The van der Waals surface area contributed by atoms with E-state index in [1.54, 1.807) is 0 Å². The highest BCUT2D eigenvalue weighted by Gasteiger charge is 2.23. The Hall–Kier alpha value is -2.78. The van der Waals surface area contributed by atoms with E-state index in [1.165, 1.54) is 0 Å². The smallest absolute Gasteiger partial charge is 0.425 e. The number of esters is 4. The Balaban J connectivity index is 3.94. The standard InChI is InChI=1S/C14H18O10/c15-9(16)5-1-3-7-11(19)23-13(21)14(22)24-12(20)8-4-2-6-10(17)18/h1-8H2,(H,15,16)(H,17,18). The Morgan fingerprint density at radius 2 is 0.833 bits per heavy atom. The molecule has 0 aromatic rings. The van der Waals surface area contributed by atoms with Crippen LogP contribution in [-0.4, -0.2) is 46.0 Å². The fourth-order valence-electron chi connectivity index (χ4n) is 1.48. The van der Waals surface area contributed by atoms with Crippen molar-refractivity contribution in [1.29, 1.82) is 0 Å². The topological polar surface area (TPSA) is 161 Å². The second kappa shape index (κ2) is 11.7. The first-order valence-electron chi connectivity index (χ1n) is 7.15. The number of rotatable bonds is 10. The van der Waals surface area contributed by atoms with Gasteiger partial charge in [-0.3, -0.25) is 19.2 Å². The van der Waals surface area contributed by atoms with E-state index in [4.69, 9.17) is 10.2 Å². The molecule has 0 saturated heterocycles. The highest BCUT2D eigenvalue weighted by atomic mass is 16.6. The second-order valence-electron chi connectivity index (χ2n) is 4.72. The molecule has 0 rings (SSSR count). The molecule has 0 bridgehead atoms. The van der Waals surface area contributed by atoms with Crippen LogP contribution in [0.5, 0.6) is 0 Å². The normalized spacial score (nSPS) is 9.83. The van der Waals surface area contributed by atoms with Crippen molar-refractivity contribution in [3.8, 4) is 0 Å². The third-order valence-corrected chi connectivity index (χ3v) is 2.62. The second-order valence-corrected chi connectivity index (χ2v) is 4.72. The van der Waals surface area contributed by atoms with Gasteiger partial charge >= 0.3 is 35.8 Å². The average molecular weight is 346 g/mol. The quantitative estimate of drug-likeness (QED) is 0.245. The largest absolute Gasteiger partial charge is 0.481 e. The number of hydrogen-bond acceptors (Lipinski definition) is 8. The summed E-state index contributed by atoms with van der Waals surface area (Å²) in [5, 5.41) is 16.8. The molecule has 0 aromatic heterocycles. The number of ether oxygens (including phenoxy) is 2. The number of carbonyl (C=O) groups excluding carboxylic acids is 4. The van der Waals surface area contributed by atoms with Crippen molar-refractivity contribution in [2.75, 3.05) is 0 Å². The molecule has 0 aromatic carbocycles. The van der Waals surface area contributed by atoms with Crippen LogP contribution < -0.4 is 0 Å². The van der Waals surface area contributed by atoms with E-state index in [0.717, 1.165) is 0 Å². The van der Waals surface area contributed by atoms with Crippen molar-refractivity contribution < 1.29 is 48.5 Å². The van der Waals surface area contributed by atoms with Gasteiger partial charge in [-0.15, -0.1) is 0 Å². The Labute approximate surface area is 136 Å². The molecule has 0 atom stereocenters. The first kappa shape index (κ1) is 21.2. The summed E-state index contributed by atoms with van der Waals surface area (Å²) in [5.41, 5.74) is 0. The van der Waals surface area contributed by atoms with Crippen molar-refractivity contribution in [3.63, 3.8) is 0 Å². The molecule has 10 nitrogen and oxygen atoms in total. The minimum atomic E-state index is -1.64. The van der Waals surface area contributed by atoms with Crippen molar-refractivity contribution in [3.05, 3.63) is 0 Å². The fourth-order valence-corrected chi connectivity index (χ4v) is 1.48. The van der Waals surface area contributed by atoms with Gasteiger partial charge in [0.25, 0.3) is 0 Å².